The number of hydrogen-bond donors (Lipinski definition) is 4. The van der Waals surface area contributed by atoms with Gasteiger partial charge in [0.25, 0.3) is 0 Å². The third-order valence-electron chi connectivity index (χ3n) is 1.61. The molecule has 0 bridgehead atoms. The molecule has 0 aliphatic carbocycles. The van der Waals surface area contributed by atoms with Crippen molar-refractivity contribution in [3.05, 3.63) is 0 Å². The van der Waals surface area contributed by atoms with Gasteiger partial charge in [0.1, 0.15) is 6.04 Å². The molecule has 0 aliphatic heterocycles. The van der Waals surface area contributed by atoms with Crippen molar-refractivity contribution < 1.29 is 19.5 Å². The first-order valence-electron chi connectivity index (χ1n) is 4.89. The Hall–Kier alpha value is -1.63. The summed E-state index contributed by atoms with van der Waals surface area (Å²) >= 11 is 0. The predicted octanol–water partition coefficient (Wildman–Crippen LogP) is -0.717. The van der Waals surface area contributed by atoms with E-state index < -0.39 is 23.9 Å². The second-order valence-corrected chi connectivity index (χ2v) is 3.62. The zero-order valence-corrected chi connectivity index (χ0v) is 9.53. The Morgan fingerprint density at radius 2 is 1.75 bits per heavy atom. The van der Waals surface area contributed by atoms with Crippen molar-refractivity contribution in [2.24, 2.45) is 0 Å². The third-order valence-corrected chi connectivity index (χ3v) is 1.61. The molecule has 0 saturated carbocycles. The lowest BCUT2D eigenvalue weighted by atomic mass is 10.3. The van der Waals surface area contributed by atoms with Crippen LogP contribution in [0.15, 0.2) is 0 Å². The van der Waals surface area contributed by atoms with Crippen molar-refractivity contribution in [2.75, 3.05) is 6.54 Å². The van der Waals surface area contributed by atoms with Crippen LogP contribution in [0.3, 0.4) is 0 Å². The van der Waals surface area contributed by atoms with Crippen LogP contribution in [-0.4, -0.2) is 41.6 Å². The summed E-state index contributed by atoms with van der Waals surface area (Å²) in [7, 11) is 0. The molecule has 0 rings (SSSR count). The van der Waals surface area contributed by atoms with Crippen LogP contribution in [0.4, 0.5) is 4.79 Å². The molecule has 0 aromatic heterocycles. The van der Waals surface area contributed by atoms with E-state index in [1.165, 1.54) is 6.92 Å². The topological polar surface area (TPSA) is 108 Å². The number of urea groups is 1. The fraction of sp³-hybridized carbons (Fsp3) is 0.667. The Balaban J connectivity index is 3.83. The van der Waals surface area contributed by atoms with E-state index in [-0.39, 0.29) is 12.6 Å². The van der Waals surface area contributed by atoms with Gasteiger partial charge in [-0.25, -0.2) is 4.79 Å². The molecule has 0 heterocycles. The van der Waals surface area contributed by atoms with Crippen molar-refractivity contribution in [2.45, 2.75) is 32.9 Å². The maximum absolute atomic E-state index is 11.1. The molecule has 0 aliphatic rings. The summed E-state index contributed by atoms with van der Waals surface area (Å²) in [5.41, 5.74) is 0. The summed E-state index contributed by atoms with van der Waals surface area (Å²) in [5.74, 6) is -1.63. The Morgan fingerprint density at radius 3 is 2.19 bits per heavy atom. The molecule has 0 fully saturated rings. The first kappa shape index (κ1) is 14.4. The number of carbonyl (C=O) groups is 3. The van der Waals surface area contributed by atoms with Crippen LogP contribution < -0.4 is 16.0 Å². The summed E-state index contributed by atoms with van der Waals surface area (Å²) in [6.07, 6.45) is 0. The zero-order valence-electron chi connectivity index (χ0n) is 9.53. The molecule has 3 amide bonds. The highest BCUT2D eigenvalue weighted by atomic mass is 16.4. The Morgan fingerprint density at radius 1 is 1.19 bits per heavy atom. The smallest absolute Gasteiger partial charge is 0.321 e. The number of carboxylic acid groups (broad SMARTS) is 1. The van der Waals surface area contributed by atoms with Crippen LogP contribution in [0.2, 0.25) is 0 Å². The molecule has 92 valence electrons. The second-order valence-electron chi connectivity index (χ2n) is 3.62. The standard InChI is InChI=1S/C9H17N3O4/c1-5(2)11-9(16)12-7(13)4-10-6(3)8(14)15/h5-6,10H,4H2,1-3H3,(H,14,15)(H2,11,12,13,16). The largest absolute Gasteiger partial charge is 0.480 e. The number of imide groups is 1. The quantitative estimate of drug-likeness (QED) is 0.499. The van der Waals surface area contributed by atoms with Crippen molar-refractivity contribution in [3.8, 4) is 0 Å². The van der Waals surface area contributed by atoms with Gasteiger partial charge in [-0.2, -0.15) is 0 Å². The highest BCUT2D eigenvalue weighted by Crippen LogP contribution is 1.80. The van der Waals surface area contributed by atoms with Crippen molar-refractivity contribution >= 4 is 17.9 Å². The first-order valence-corrected chi connectivity index (χ1v) is 4.89. The van der Waals surface area contributed by atoms with E-state index in [2.05, 4.69) is 16.0 Å². The average molecular weight is 231 g/mol. The van der Waals surface area contributed by atoms with Gasteiger partial charge in [0.2, 0.25) is 5.91 Å². The number of hydrogen-bond acceptors (Lipinski definition) is 4. The highest BCUT2D eigenvalue weighted by molar-refractivity contribution is 5.95. The maximum atomic E-state index is 11.1. The minimum Gasteiger partial charge on any atom is -0.480 e. The van der Waals surface area contributed by atoms with Gasteiger partial charge in [0.15, 0.2) is 0 Å². The molecule has 0 spiro atoms. The minimum atomic E-state index is -1.06. The van der Waals surface area contributed by atoms with Crippen LogP contribution >= 0.6 is 0 Å². The molecular weight excluding hydrogens is 214 g/mol. The van der Waals surface area contributed by atoms with Crippen LogP contribution in [0.5, 0.6) is 0 Å². The summed E-state index contributed by atoms with van der Waals surface area (Å²) in [5, 5.41) is 15.5. The molecule has 0 radical (unpaired) electrons. The lowest BCUT2D eigenvalue weighted by Crippen LogP contribution is -2.47. The number of carbonyl (C=O) groups excluding carboxylic acids is 2. The average Bonchev–Trinajstić information content (AvgIpc) is 2.12. The first-order chi connectivity index (χ1) is 7.32. The second kappa shape index (κ2) is 6.78. The van der Waals surface area contributed by atoms with E-state index in [1.54, 1.807) is 13.8 Å². The van der Waals surface area contributed by atoms with E-state index in [4.69, 9.17) is 5.11 Å². The van der Waals surface area contributed by atoms with Gasteiger partial charge < -0.3 is 10.4 Å². The molecule has 16 heavy (non-hydrogen) atoms. The third kappa shape index (κ3) is 6.77. The molecular formula is C9H17N3O4. The molecule has 4 N–H and O–H groups in total. The van der Waals surface area contributed by atoms with Crippen molar-refractivity contribution in [3.63, 3.8) is 0 Å². The molecule has 0 aromatic carbocycles. The minimum absolute atomic E-state index is 0.0706. The Labute approximate surface area is 93.6 Å². The zero-order chi connectivity index (χ0) is 12.7. The van der Waals surface area contributed by atoms with E-state index >= 15 is 0 Å². The number of aliphatic carboxylic acids is 1. The molecule has 0 aromatic rings. The van der Waals surface area contributed by atoms with Crippen molar-refractivity contribution in [1.82, 2.24) is 16.0 Å². The normalized spacial score (nSPS) is 12.0. The summed E-state index contributed by atoms with van der Waals surface area (Å²) in [6.45, 7) is 4.70. The van der Waals surface area contributed by atoms with Gasteiger partial charge in [-0.05, 0) is 20.8 Å². The van der Waals surface area contributed by atoms with Crippen molar-refractivity contribution in [1.29, 1.82) is 0 Å². The summed E-state index contributed by atoms with van der Waals surface area (Å²) in [6, 6.07) is -1.50. The lowest BCUT2D eigenvalue weighted by molar-refractivity contribution is -0.139. The van der Waals surface area contributed by atoms with Gasteiger partial charge in [0, 0.05) is 6.04 Å². The van der Waals surface area contributed by atoms with Crippen LogP contribution in [-0.2, 0) is 9.59 Å². The number of rotatable bonds is 5. The van der Waals surface area contributed by atoms with Gasteiger partial charge in [0.05, 0.1) is 6.54 Å². The maximum Gasteiger partial charge on any atom is 0.321 e. The molecule has 0 saturated heterocycles. The summed E-state index contributed by atoms with van der Waals surface area (Å²) in [4.78, 5) is 32.6. The van der Waals surface area contributed by atoms with Crippen LogP contribution in [0.25, 0.3) is 0 Å². The monoisotopic (exact) mass is 231 g/mol. The number of amides is 3. The molecule has 7 nitrogen and oxygen atoms in total. The van der Waals surface area contributed by atoms with E-state index in [9.17, 15) is 14.4 Å². The number of nitrogens with one attached hydrogen (secondary N) is 3. The van der Waals surface area contributed by atoms with Gasteiger partial charge in [-0.3, -0.25) is 20.2 Å². The van der Waals surface area contributed by atoms with Gasteiger partial charge in [-0.15, -0.1) is 0 Å². The molecule has 1 unspecified atom stereocenters. The van der Waals surface area contributed by atoms with Gasteiger partial charge in [-0.1, -0.05) is 0 Å². The lowest BCUT2D eigenvalue weighted by Gasteiger charge is -2.11. The summed E-state index contributed by atoms with van der Waals surface area (Å²) < 4.78 is 0. The Bertz CT molecular complexity index is 278. The number of carboxylic acids is 1. The molecule has 7 heteroatoms. The SMILES string of the molecule is CC(C)NC(=O)NC(=O)CNC(C)C(=O)O. The fourth-order valence-electron chi connectivity index (χ4n) is 0.802. The van der Waals surface area contributed by atoms with Gasteiger partial charge >= 0.3 is 12.0 Å². The van der Waals surface area contributed by atoms with Crippen LogP contribution in [0.1, 0.15) is 20.8 Å². The van der Waals surface area contributed by atoms with E-state index in [0.717, 1.165) is 0 Å². The Kier molecular flexibility index (Phi) is 6.09. The highest BCUT2D eigenvalue weighted by Gasteiger charge is 2.13. The van der Waals surface area contributed by atoms with Crippen LogP contribution in [0, 0.1) is 0 Å². The predicted molar refractivity (Wildman–Crippen MR) is 56.9 cm³/mol. The fourth-order valence-corrected chi connectivity index (χ4v) is 0.802. The molecule has 1 atom stereocenters. The van der Waals surface area contributed by atoms with E-state index in [0.29, 0.717) is 0 Å². The van der Waals surface area contributed by atoms with E-state index in [1.807, 2.05) is 0 Å².